The SMILES string of the molecule is Cc1nc(N)nc(N)c1N1CCN(c2ccc(C(=O)NC(C(=O)O)C(=O)O)cc2)CC1. The number of anilines is 4. The fourth-order valence-electron chi connectivity index (χ4n) is 3.46. The first-order valence-corrected chi connectivity index (χ1v) is 9.43. The third kappa shape index (κ3) is 4.74. The van der Waals surface area contributed by atoms with Crippen molar-refractivity contribution in [3.8, 4) is 0 Å². The van der Waals surface area contributed by atoms with Crippen LogP contribution in [0.15, 0.2) is 24.3 Å². The second kappa shape index (κ2) is 8.73. The van der Waals surface area contributed by atoms with Gasteiger partial charge in [0.15, 0.2) is 5.82 Å². The van der Waals surface area contributed by atoms with Crippen LogP contribution in [-0.4, -0.2) is 70.2 Å². The quantitative estimate of drug-likeness (QED) is 0.374. The number of nitrogens with two attached hydrogens (primary N) is 2. The van der Waals surface area contributed by atoms with E-state index in [-0.39, 0.29) is 11.5 Å². The number of carboxylic acids is 2. The average molecular weight is 429 g/mol. The van der Waals surface area contributed by atoms with Gasteiger partial charge in [0.05, 0.1) is 5.69 Å². The first-order valence-electron chi connectivity index (χ1n) is 9.43. The summed E-state index contributed by atoms with van der Waals surface area (Å²) in [5, 5.41) is 19.7. The highest BCUT2D eigenvalue weighted by Gasteiger charge is 2.28. The van der Waals surface area contributed by atoms with Crippen LogP contribution in [0.2, 0.25) is 0 Å². The van der Waals surface area contributed by atoms with Gasteiger partial charge in [-0.2, -0.15) is 4.98 Å². The number of benzene rings is 1. The van der Waals surface area contributed by atoms with Crippen LogP contribution in [0.4, 0.5) is 23.1 Å². The van der Waals surface area contributed by atoms with Gasteiger partial charge < -0.3 is 36.8 Å². The number of piperazine rings is 1. The number of aliphatic carboxylic acids is 2. The normalized spacial score (nSPS) is 13.9. The number of aromatic nitrogens is 2. The largest absolute Gasteiger partial charge is 0.479 e. The number of carbonyl (C=O) groups excluding carboxylic acids is 1. The molecule has 2 aromatic rings. The lowest BCUT2D eigenvalue weighted by atomic mass is 10.1. The number of nitrogen functional groups attached to an aromatic ring is 2. The van der Waals surface area contributed by atoms with Gasteiger partial charge in [-0.3, -0.25) is 4.79 Å². The van der Waals surface area contributed by atoms with Crippen LogP contribution in [0.5, 0.6) is 0 Å². The van der Waals surface area contributed by atoms with Crippen LogP contribution in [0, 0.1) is 6.92 Å². The second-order valence-corrected chi connectivity index (χ2v) is 7.00. The number of aryl methyl sites for hydroxylation is 1. The molecular formula is C19H23N7O5. The molecule has 3 rings (SSSR count). The summed E-state index contributed by atoms with van der Waals surface area (Å²) in [6.45, 7) is 4.57. The number of nitrogens with zero attached hydrogens (tertiary/aromatic N) is 4. The Kier molecular flexibility index (Phi) is 6.09. The lowest BCUT2D eigenvalue weighted by Crippen LogP contribution is -2.47. The monoisotopic (exact) mass is 429 g/mol. The van der Waals surface area contributed by atoms with Gasteiger partial charge in [-0.05, 0) is 31.2 Å². The van der Waals surface area contributed by atoms with Crippen molar-refractivity contribution < 1.29 is 24.6 Å². The predicted molar refractivity (Wildman–Crippen MR) is 113 cm³/mol. The van der Waals surface area contributed by atoms with E-state index in [1.807, 2.05) is 12.2 Å². The summed E-state index contributed by atoms with van der Waals surface area (Å²) < 4.78 is 0. The van der Waals surface area contributed by atoms with E-state index in [2.05, 4.69) is 19.8 Å². The molecule has 0 aliphatic carbocycles. The van der Waals surface area contributed by atoms with Crippen LogP contribution in [0.3, 0.4) is 0 Å². The molecule has 0 unspecified atom stereocenters. The Labute approximate surface area is 177 Å². The van der Waals surface area contributed by atoms with Crippen molar-refractivity contribution in [2.75, 3.05) is 47.4 Å². The number of hydrogen-bond acceptors (Lipinski definition) is 9. The van der Waals surface area contributed by atoms with Gasteiger partial charge in [-0.25, -0.2) is 14.6 Å². The fraction of sp³-hybridized carbons (Fsp3) is 0.316. The molecule has 0 saturated carbocycles. The molecule has 1 amide bonds. The molecular weight excluding hydrogens is 406 g/mol. The number of hydrogen-bond donors (Lipinski definition) is 5. The van der Waals surface area contributed by atoms with Crippen LogP contribution < -0.4 is 26.6 Å². The van der Waals surface area contributed by atoms with Crippen LogP contribution in [0.1, 0.15) is 16.1 Å². The minimum absolute atomic E-state index is 0.138. The summed E-state index contributed by atoms with van der Waals surface area (Å²) in [6, 6.07) is 4.50. The molecule has 1 aliphatic heterocycles. The van der Waals surface area contributed by atoms with E-state index in [4.69, 9.17) is 21.7 Å². The molecule has 1 aliphatic rings. The molecule has 164 valence electrons. The first kappa shape index (κ1) is 21.6. The average Bonchev–Trinajstić information content (AvgIpc) is 2.71. The van der Waals surface area contributed by atoms with E-state index < -0.39 is 23.9 Å². The van der Waals surface area contributed by atoms with E-state index in [1.165, 1.54) is 12.1 Å². The van der Waals surface area contributed by atoms with E-state index in [1.54, 1.807) is 12.1 Å². The van der Waals surface area contributed by atoms with Gasteiger partial charge in [0, 0.05) is 37.4 Å². The molecule has 12 nitrogen and oxygen atoms in total. The molecule has 31 heavy (non-hydrogen) atoms. The zero-order valence-electron chi connectivity index (χ0n) is 16.8. The minimum Gasteiger partial charge on any atom is -0.479 e. The molecule has 1 aromatic carbocycles. The summed E-state index contributed by atoms with van der Waals surface area (Å²) >= 11 is 0. The van der Waals surface area contributed by atoms with Crippen molar-refractivity contribution in [3.63, 3.8) is 0 Å². The molecule has 12 heteroatoms. The number of carboxylic acid groups (broad SMARTS) is 2. The number of amides is 1. The highest BCUT2D eigenvalue weighted by Crippen LogP contribution is 2.27. The topological polar surface area (TPSA) is 188 Å². The van der Waals surface area contributed by atoms with Crippen molar-refractivity contribution in [1.29, 1.82) is 0 Å². The van der Waals surface area contributed by atoms with E-state index in [0.717, 1.165) is 17.1 Å². The van der Waals surface area contributed by atoms with Gasteiger partial charge in [-0.1, -0.05) is 0 Å². The minimum atomic E-state index is -2.01. The highest BCUT2D eigenvalue weighted by molar-refractivity contribution is 6.04. The van der Waals surface area contributed by atoms with Gasteiger partial charge in [0.1, 0.15) is 5.69 Å². The van der Waals surface area contributed by atoms with E-state index in [0.29, 0.717) is 32.0 Å². The Morgan fingerprint density at radius 1 is 0.968 bits per heavy atom. The van der Waals surface area contributed by atoms with Crippen molar-refractivity contribution in [1.82, 2.24) is 15.3 Å². The standard InChI is InChI=1S/C19H23N7O5/c1-10-14(15(20)24-19(21)22-10)26-8-6-25(7-9-26)12-4-2-11(3-5-12)16(27)23-13(17(28)29)18(30)31/h2-5,13H,6-9H2,1H3,(H,23,27)(H,28,29)(H,30,31)(H4,20,21,22,24). The lowest BCUT2D eigenvalue weighted by molar-refractivity contribution is -0.150. The predicted octanol–water partition coefficient (Wildman–Crippen LogP) is -0.456. The fourth-order valence-corrected chi connectivity index (χ4v) is 3.46. The third-order valence-corrected chi connectivity index (χ3v) is 4.96. The summed E-state index contributed by atoms with van der Waals surface area (Å²) in [4.78, 5) is 46.4. The highest BCUT2D eigenvalue weighted by atomic mass is 16.4. The van der Waals surface area contributed by atoms with E-state index in [9.17, 15) is 14.4 Å². The number of nitrogens with one attached hydrogen (secondary N) is 1. The Bertz CT molecular complexity index is 966. The molecule has 0 atom stereocenters. The summed E-state index contributed by atoms with van der Waals surface area (Å²) in [7, 11) is 0. The van der Waals surface area contributed by atoms with Gasteiger partial charge >= 0.3 is 11.9 Å². The maximum atomic E-state index is 12.1. The first-order chi connectivity index (χ1) is 14.7. The zero-order chi connectivity index (χ0) is 22.7. The Hall–Kier alpha value is -4.09. The van der Waals surface area contributed by atoms with Gasteiger partial charge in [0.25, 0.3) is 5.91 Å². The van der Waals surface area contributed by atoms with Crippen molar-refractivity contribution >= 4 is 41.0 Å². The summed E-state index contributed by atoms with van der Waals surface area (Å²) in [6.07, 6.45) is 0. The van der Waals surface area contributed by atoms with Crippen molar-refractivity contribution in [2.24, 2.45) is 0 Å². The lowest BCUT2D eigenvalue weighted by Gasteiger charge is -2.38. The Balaban J connectivity index is 1.64. The maximum Gasteiger partial charge on any atom is 0.338 e. The molecule has 0 radical (unpaired) electrons. The molecule has 7 N–H and O–H groups in total. The van der Waals surface area contributed by atoms with Crippen LogP contribution in [-0.2, 0) is 9.59 Å². The summed E-state index contributed by atoms with van der Waals surface area (Å²) in [5.41, 5.74) is 14.2. The van der Waals surface area contributed by atoms with Gasteiger partial charge in [0.2, 0.25) is 12.0 Å². The van der Waals surface area contributed by atoms with Crippen molar-refractivity contribution in [2.45, 2.75) is 13.0 Å². The molecule has 1 aromatic heterocycles. The number of rotatable bonds is 6. The molecule has 1 saturated heterocycles. The zero-order valence-corrected chi connectivity index (χ0v) is 16.8. The molecule has 0 spiro atoms. The maximum absolute atomic E-state index is 12.1. The van der Waals surface area contributed by atoms with Crippen LogP contribution >= 0.6 is 0 Å². The third-order valence-electron chi connectivity index (χ3n) is 4.96. The smallest absolute Gasteiger partial charge is 0.338 e. The van der Waals surface area contributed by atoms with Crippen molar-refractivity contribution in [3.05, 3.63) is 35.5 Å². The van der Waals surface area contributed by atoms with Crippen LogP contribution in [0.25, 0.3) is 0 Å². The second-order valence-electron chi connectivity index (χ2n) is 7.00. The van der Waals surface area contributed by atoms with Gasteiger partial charge in [-0.15, -0.1) is 0 Å². The molecule has 0 bridgehead atoms. The summed E-state index contributed by atoms with van der Waals surface area (Å²) in [5.74, 6) is -3.58. The Morgan fingerprint density at radius 3 is 2.03 bits per heavy atom. The van der Waals surface area contributed by atoms with E-state index >= 15 is 0 Å². The molecule has 2 heterocycles. The number of carbonyl (C=O) groups is 3. The molecule has 1 fully saturated rings. The Morgan fingerprint density at radius 2 is 1.52 bits per heavy atom.